The summed E-state index contributed by atoms with van der Waals surface area (Å²) in [7, 11) is 2.18. The maximum absolute atomic E-state index is 12.1. The van der Waals surface area contributed by atoms with Crippen molar-refractivity contribution in [3.05, 3.63) is 0 Å². The van der Waals surface area contributed by atoms with Crippen LogP contribution in [-0.4, -0.2) is 48.7 Å². The number of nitrogens with zero attached hydrogens (tertiary/aromatic N) is 1. The van der Waals surface area contributed by atoms with Crippen molar-refractivity contribution in [2.45, 2.75) is 71.0 Å². The Balaban J connectivity index is 2.45. The molecule has 1 rings (SSSR count). The summed E-state index contributed by atoms with van der Waals surface area (Å²) < 4.78 is 5.21. The molecule has 19 heavy (non-hydrogen) atoms. The molecule has 4 nitrogen and oxygen atoms in total. The summed E-state index contributed by atoms with van der Waals surface area (Å²) in [4.78, 5) is 14.5. The monoisotopic (exact) mass is 270 g/mol. The zero-order valence-corrected chi connectivity index (χ0v) is 13.2. The molecule has 4 heteroatoms. The standard InChI is InChI=1S/C15H30N2O2/c1-6-19-14(18)15(4,16-12(2)3)10-7-11-17(5)13-8-9-13/h12-13,16H,6-11H2,1-5H3. The molecule has 0 bridgehead atoms. The number of ether oxygens (including phenoxy) is 1. The van der Waals surface area contributed by atoms with E-state index in [0.29, 0.717) is 6.61 Å². The van der Waals surface area contributed by atoms with Crippen molar-refractivity contribution in [3.8, 4) is 0 Å². The molecule has 1 saturated carbocycles. The summed E-state index contributed by atoms with van der Waals surface area (Å²) in [6.07, 6.45) is 4.49. The minimum Gasteiger partial charge on any atom is -0.465 e. The Kier molecular flexibility index (Phi) is 6.27. The average molecular weight is 270 g/mol. The maximum Gasteiger partial charge on any atom is 0.326 e. The molecule has 1 N–H and O–H groups in total. The first-order valence-electron chi connectivity index (χ1n) is 7.54. The van der Waals surface area contributed by atoms with E-state index >= 15 is 0 Å². The van der Waals surface area contributed by atoms with Gasteiger partial charge in [0.15, 0.2) is 0 Å². The number of carbonyl (C=O) groups excluding carboxylic acids is 1. The molecule has 0 aromatic carbocycles. The summed E-state index contributed by atoms with van der Waals surface area (Å²) >= 11 is 0. The molecule has 1 atom stereocenters. The van der Waals surface area contributed by atoms with Crippen LogP contribution < -0.4 is 5.32 Å². The molecule has 0 radical (unpaired) electrons. The van der Waals surface area contributed by atoms with Crippen molar-refractivity contribution in [2.24, 2.45) is 0 Å². The number of carbonyl (C=O) groups is 1. The van der Waals surface area contributed by atoms with Gasteiger partial charge in [0.25, 0.3) is 0 Å². The number of hydrogen-bond donors (Lipinski definition) is 1. The minimum absolute atomic E-state index is 0.127. The Labute approximate surface area is 117 Å². The zero-order chi connectivity index (χ0) is 14.5. The molecule has 0 aliphatic heterocycles. The Morgan fingerprint density at radius 2 is 2.11 bits per heavy atom. The Morgan fingerprint density at radius 3 is 2.58 bits per heavy atom. The lowest BCUT2D eigenvalue weighted by Gasteiger charge is -2.31. The van der Waals surface area contributed by atoms with Crippen molar-refractivity contribution < 1.29 is 9.53 Å². The van der Waals surface area contributed by atoms with E-state index in [9.17, 15) is 4.79 Å². The van der Waals surface area contributed by atoms with Gasteiger partial charge in [-0.1, -0.05) is 0 Å². The van der Waals surface area contributed by atoms with Crippen LogP contribution in [-0.2, 0) is 9.53 Å². The van der Waals surface area contributed by atoms with Crippen LogP contribution in [0.1, 0.15) is 53.4 Å². The van der Waals surface area contributed by atoms with E-state index in [4.69, 9.17) is 4.74 Å². The van der Waals surface area contributed by atoms with E-state index < -0.39 is 5.54 Å². The number of esters is 1. The van der Waals surface area contributed by atoms with Crippen LogP contribution in [0.4, 0.5) is 0 Å². The molecule has 0 spiro atoms. The molecule has 1 unspecified atom stereocenters. The Bertz CT molecular complexity index is 290. The van der Waals surface area contributed by atoms with Crippen molar-refractivity contribution in [3.63, 3.8) is 0 Å². The van der Waals surface area contributed by atoms with Crippen LogP contribution in [0.5, 0.6) is 0 Å². The molecule has 1 aliphatic rings. The first kappa shape index (κ1) is 16.4. The molecule has 0 amide bonds. The van der Waals surface area contributed by atoms with Crippen LogP contribution >= 0.6 is 0 Å². The molecule has 0 aromatic rings. The highest BCUT2D eigenvalue weighted by molar-refractivity contribution is 5.80. The molecular weight excluding hydrogens is 240 g/mol. The number of nitrogens with one attached hydrogen (secondary N) is 1. The van der Waals surface area contributed by atoms with E-state index in [1.54, 1.807) is 0 Å². The molecule has 0 saturated heterocycles. The molecule has 1 fully saturated rings. The van der Waals surface area contributed by atoms with Crippen LogP contribution in [0.2, 0.25) is 0 Å². The lowest BCUT2D eigenvalue weighted by molar-refractivity contribution is -0.151. The fraction of sp³-hybridized carbons (Fsp3) is 0.933. The zero-order valence-electron chi connectivity index (χ0n) is 13.2. The van der Waals surface area contributed by atoms with E-state index in [2.05, 4.69) is 31.1 Å². The predicted octanol–water partition coefficient (Wildman–Crippen LogP) is 2.18. The highest BCUT2D eigenvalue weighted by Gasteiger charge is 2.35. The molecule has 1 aliphatic carbocycles. The van der Waals surface area contributed by atoms with Gasteiger partial charge in [-0.3, -0.25) is 10.1 Å². The number of rotatable bonds is 9. The maximum atomic E-state index is 12.1. The molecule has 112 valence electrons. The third-order valence-electron chi connectivity index (χ3n) is 3.69. The lowest BCUT2D eigenvalue weighted by atomic mass is 9.94. The molecule has 0 aromatic heterocycles. The second-order valence-corrected chi connectivity index (χ2v) is 6.17. The van der Waals surface area contributed by atoms with Crippen LogP contribution in [0, 0.1) is 0 Å². The largest absolute Gasteiger partial charge is 0.465 e. The van der Waals surface area contributed by atoms with E-state index in [1.165, 1.54) is 12.8 Å². The first-order valence-corrected chi connectivity index (χ1v) is 7.54. The van der Waals surface area contributed by atoms with E-state index in [1.807, 2.05) is 13.8 Å². The van der Waals surface area contributed by atoms with Crippen molar-refractivity contribution >= 4 is 5.97 Å². The third kappa shape index (κ3) is 5.49. The van der Waals surface area contributed by atoms with Gasteiger partial charge < -0.3 is 9.64 Å². The van der Waals surface area contributed by atoms with Gasteiger partial charge in [0, 0.05) is 12.1 Å². The van der Waals surface area contributed by atoms with Gasteiger partial charge in [-0.15, -0.1) is 0 Å². The molecule has 0 heterocycles. The van der Waals surface area contributed by atoms with Gasteiger partial charge in [-0.05, 0) is 67.0 Å². The van der Waals surface area contributed by atoms with E-state index in [0.717, 1.165) is 25.4 Å². The smallest absolute Gasteiger partial charge is 0.326 e. The van der Waals surface area contributed by atoms with Gasteiger partial charge >= 0.3 is 5.97 Å². The fourth-order valence-electron chi connectivity index (χ4n) is 2.54. The van der Waals surface area contributed by atoms with Gasteiger partial charge in [0.2, 0.25) is 0 Å². The number of hydrogen-bond acceptors (Lipinski definition) is 4. The third-order valence-corrected chi connectivity index (χ3v) is 3.69. The van der Waals surface area contributed by atoms with Crippen molar-refractivity contribution in [2.75, 3.05) is 20.2 Å². The normalized spacial score (nSPS) is 18.7. The van der Waals surface area contributed by atoms with Gasteiger partial charge in [-0.25, -0.2) is 0 Å². The van der Waals surface area contributed by atoms with Crippen LogP contribution in [0.15, 0.2) is 0 Å². The SMILES string of the molecule is CCOC(=O)C(C)(CCCN(C)C1CC1)NC(C)C. The Morgan fingerprint density at radius 1 is 1.47 bits per heavy atom. The molecular formula is C15H30N2O2. The summed E-state index contributed by atoms with van der Waals surface area (Å²) in [6.45, 7) is 9.44. The van der Waals surface area contributed by atoms with Gasteiger partial charge in [0.05, 0.1) is 6.61 Å². The first-order chi connectivity index (χ1) is 8.89. The highest BCUT2D eigenvalue weighted by Crippen LogP contribution is 2.26. The average Bonchev–Trinajstić information content (AvgIpc) is 3.11. The summed E-state index contributed by atoms with van der Waals surface area (Å²) in [6, 6.07) is 1.06. The highest BCUT2D eigenvalue weighted by atomic mass is 16.5. The van der Waals surface area contributed by atoms with Crippen LogP contribution in [0.3, 0.4) is 0 Å². The second kappa shape index (κ2) is 7.25. The predicted molar refractivity (Wildman–Crippen MR) is 78.2 cm³/mol. The topological polar surface area (TPSA) is 41.6 Å². The van der Waals surface area contributed by atoms with Crippen molar-refractivity contribution in [1.82, 2.24) is 10.2 Å². The van der Waals surface area contributed by atoms with Crippen molar-refractivity contribution in [1.29, 1.82) is 0 Å². The summed E-state index contributed by atoms with van der Waals surface area (Å²) in [5.41, 5.74) is -0.561. The minimum atomic E-state index is -0.561. The van der Waals surface area contributed by atoms with E-state index in [-0.39, 0.29) is 12.0 Å². The Hall–Kier alpha value is -0.610. The summed E-state index contributed by atoms with van der Waals surface area (Å²) in [5.74, 6) is -0.127. The summed E-state index contributed by atoms with van der Waals surface area (Å²) in [5, 5.41) is 3.37. The second-order valence-electron chi connectivity index (χ2n) is 6.17. The fourth-order valence-corrected chi connectivity index (χ4v) is 2.54. The quantitative estimate of drug-likeness (QED) is 0.652. The lowest BCUT2D eigenvalue weighted by Crippen LogP contribution is -2.53. The van der Waals surface area contributed by atoms with Crippen LogP contribution in [0.25, 0.3) is 0 Å². The van der Waals surface area contributed by atoms with Gasteiger partial charge in [0.1, 0.15) is 5.54 Å². The van der Waals surface area contributed by atoms with Gasteiger partial charge in [-0.2, -0.15) is 0 Å².